The highest BCUT2D eigenvalue weighted by molar-refractivity contribution is 7.99. The summed E-state index contributed by atoms with van der Waals surface area (Å²) in [6.45, 7) is 4.17. The first-order valence-electron chi connectivity index (χ1n) is 5.52. The highest BCUT2D eigenvalue weighted by Gasteiger charge is 2.07. The first-order chi connectivity index (χ1) is 7.97. The fourth-order valence-corrected chi connectivity index (χ4v) is 2.32. The number of Topliss-reactive ketones (excluding diaryl/α,β-unsaturated/α-hetero) is 1. The number of thioether (sulfide) groups is 1. The van der Waals surface area contributed by atoms with Crippen molar-refractivity contribution in [3.05, 3.63) is 35.4 Å². The molecule has 0 heterocycles. The number of carbonyl (C=O) groups excluding carboxylic acids is 1. The smallest absolute Gasteiger partial charge is 0.147 e. The van der Waals surface area contributed by atoms with Gasteiger partial charge < -0.3 is 0 Å². The molecule has 4 heteroatoms. The van der Waals surface area contributed by atoms with Gasteiger partial charge in [0.1, 0.15) is 17.4 Å². The van der Waals surface area contributed by atoms with Crippen molar-refractivity contribution in [1.29, 1.82) is 0 Å². The minimum atomic E-state index is -0.636. The maximum absolute atomic E-state index is 12.9. The zero-order chi connectivity index (χ0) is 12.8. The number of benzene rings is 1. The summed E-state index contributed by atoms with van der Waals surface area (Å²) in [4.78, 5) is 11.6. The van der Waals surface area contributed by atoms with Crippen molar-refractivity contribution in [2.24, 2.45) is 5.92 Å². The van der Waals surface area contributed by atoms with Crippen LogP contribution in [0, 0.1) is 17.6 Å². The summed E-state index contributed by atoms with van der Waals surface area (Å²) in [5.41, 5.74) is 0.401. The van der Waals surface area contributed by atoms with Gasteiger partial charge in [-0.05, 0) is 29.4 Å². The summed E-state index contributed by atoms with van der Waals surface area (Å²) < 4.78 is 25.8. The molecule has 0 radical (unpaired) electrons. The number of hydrogen-bond acceptors (Lipinski definition) is 2. The molecule has 0 saturated heterocycles. The Kier molecular flexibility index (Phi) is 5.62. The van der Waals surface area contributed by atoms with Crippen molar-refractivity contribution >= 4 is 17.5 Å². The van der Waals surface area contributed by atoms with Gasteiger partial charge in [-0.3, -0.25) is 4.79 Å². The Bertz CT molecular complexity index is 371. The van der Waals surface area contributed by atoms with Gasteiger partial charge in [0.05, 0.1) is 5.75 Å². The molecule has 0 aliphatic rings. The van der Waals surface area contributed by atoms with Gasteiger partial charge in [-0.2, -0.15) is 11.8 Å². The minimum absolute atomic E-state index is 0.000602. The summed E-state index contributed by atoms with van der Waals surface area (Å²) in [5.74, 6) is 0.588. The Morgan fingerprint density at radius 1 is 1.24 bits per heavy atom. The van der Waals surface area contributed by atoms with Crippen LogP contribution in [0.25, 0.3) is 0 Å². The third-order valence-electron chi connectivity index (χ3n) is 2.04. The Balaban J connectivity index is 2.45. The Hall–Kier alpha value is -0.900. The highest BCUT2D eigenvalue weighted by Crippen LogP contribution is 2.12. The van der Waals surface area contributed by atoms with Crippen molar-refractivity contribution in [3.8, 4) is 0 Å². The normalized spacial score (nSPS) is 10.9. The van der Waals surface area contributed by atoms with Crippen molar-refractivity contribution in [1.82, 2.24) is 0 Å². The van der Waals surface area contributed by atoms with Gasteiger partial charge in [-0.15, -0.1) is 0 Å². The maximum atomic E-state index is 12.9. The van der Waals surface area contributed by atoms with E-state index in [1.165, 1.54) is 12.1 Å². The molecule has 0 atom stereocenters. The van der Waals surface area contributed by atoms with Gasteiger partial charge >= 0.3 is 0 Å². The summed E-state index contributed by atoms with van der Waals surface area (Å²) in [5, 5.41) is 0. The van der Waals surface area contributed by atoms with Crippen molar-refractivity contribution in [3.63, 3.8) is 0 Å². The second-order valence-corrected chi connectivity index (χ2v) is 5.43. The number of hydrogen-bond donors (Lipinski definition) is 0. The first kappa shape index (κ1) is 14.2. The van der Waals surface area contributed by atoms with Crippen LogP contribution < -0.4 is 0 Å². The van der Waals surface area contributed by atoms with Gasteiger partial charge in [0.15, 0.2) is 0 Å². The van der Waals surface area contributed by atoms with E-state index in [1.807, 2.05) is 0 Å². The molecule has 0 saturated carbocycles. The van der Waals surface area contributed by atoms with Gasteiger partial charge in [-0.25, -0.2) is 8.78 Å². The Morgan fingerprint density at radius 2 is 1.82 bits per heavy atom. The predicted molar refractivity (Wildman–Crippen MR) is 67.2 cm³/mol. The van der Waals surface area contributed by atoms with E-state index in [0.29, 0.717) is 17.2 Å². The van der Waals surface area contributed by atoms with E-state index in [-0.39, 0.29) is 12.2 Å². The van der Waals surface area contributed by atoms with Crippen LogP contribution in [0.3, 0.4) is 0 Å². The summed E-state index contributed by atoms with van der Waals surface area (Å²) in [7, 11) is 0. The highest BCUT2D eigenvalue weighted by atomic mass is 32.2. The average Bonchev–Trinajstić information content (AvgIpc) is 2.14. The molecule has 94 valence electrons. The van der Waals surface area contributed by atoms with Crippen LogP contribution in [0.15, 0.2) is 18.2 Å². The van der Waals surface area contributed by atoms with E-state index < -0.39 is 11.6 Å². The molecule has 0 spiro atoms. The standard InChI is InChI=1S/C13H16F2OS/c1-9(2)7-17-8-13(16)5-10-3-11(14)6-12(15)4-10/h3-4,6,9H,5,7-8H2,1-2H3. The molecular formula is C13H16F2OS. The largest absolute Gasteiger partial charge is 0.298 e. The average molecular weight is 258 g/mol. The van der Waals surface area contributed by atoms with Crippen molar-refractivity contribution in [2.75, 3.05) is 11.5 Å². The fourth-order valence-electron chi connectivity index (χ4n) is 1.40. The molecule has 1 rings (SSSR count). The van der Waals surface area contributed by atoms with Gasteiger partial charge in [-0.1, -0.05) is 13.8 Å². The van der Waals surface area contributed by atoms with E-state index in [1.54, 1.807) is 11.8 Å². The Labute approximate surface area is 105 Å². The molecule has 0 aliphatic heterocycles. The van der Waals surface area contributed by atoms with Crippen LogP contribution in [-0.4, -0.2) is 17.3 Å². The topological polar surface area (TPSA) is 17.1 Å². The second-order valence-electron chi connectivity index (χ2n) is 4.40. The molecule has 1 aromatic carbocycles. The molecular weight excluding hydrogens is 242 g/mol. The molecule has 17 heavy (non-hydrogen) atoms. The third-order valence-corrected chi connectivity index (χ3v) is 3.47. The summed E-state index contributed by atoms with van der Waals surface area (Å²) in [6.07, 6.45) is 0.0970. The molecule has 0 unspecified atom stereocenters. The van der Waals surface area contributed by atoms with Crippen molar-refractivity contribution in [2.45, 2.75) is 20.3 Å². The number of halogens is 2. The summed E-state index contributed by atoms with van der Waals surface area (Å²) >= 11 is 1.56. The second kappa shape index (κ2) is 6.74. The maximum Gasteiger partial charge on any atom is 0.147 e. The van der Waals surface area contributed by atoms with Crippen LogP contribution in [0.2, 0.25) is 0 Å². The number of ketones is 1. The van der Waals surface area contributed by atoms with Crippen LogP contribution in [-0.2, 0) is 11.2 Å². The zero-order valence-electron chi connectivity index (χ0n) is 10.0. The molecule has 0 aromatic heterocycles. The molecule has 1 nitrogen and oxygen atoms in total. The fraction of sp³-hybridized carbons (Fsp3) is 0.462. The molecule has 0 bridgehead atoms. The monoisotopic (exact) mass is 258 g/mol. The molecule has 0 aliphatic carbocycles. The van der Waals surface area contributed by atoms with E-state index in [9.17, 15) is 13.6 Å². The number of rotatable bonds is 6. The van der Waals surface area contributed by atoms with Crippen LogP contribution in [0.4, 0.5) is 8.78 Å². The lowest BCUT2D eigenvalue weighted by Crippen LogP contribution is -2.07. The molecule has 1 aromatic rings. The van der Waals surface area contributed by atoms with E-state index in [0.717, 1.165) is 11.8 Å². The molecule has 0 N–H and O–H groups in total. The van der Waals surface area contributed by atoms with Gasteiger partial charge in [0.25, 0.3) is 0 Å². The minimum Gasteiger partial charge on any atom is -0.298 e. The summed E-state index contributed by atoms with van der Waals surface area (Å²) in [6, 6.07) is 3.21. The van der Waals surface area contributed by atoms with Crippen LogP contribution >= 0.6 is 11.8 Å². The van der Waals surface area contributed by atoms with Crippen molar-refractivity contribution < 1.29 is 13.6 Å². The molecule has 0 amide bonds. The lowest BCUT2D eigenvalue weighted by Gasteiger charge is -2.04. The Morgan fingerprint density at radius 3 is 2.35 bits per heavy atom. The van der Waals surface area contributed by atoms with E-state index >= 15 is 0 Å². The first-order valence-corrected chi connectivity index (χ1v) is 6.67. The van der Waals surface area contributed by atoms with Gasteiger partial charge in [0, 0.05) is 12.5 Å². The lowest BCUT2D eigenvalue weighted by atomic mass is 10.1. The quantitative estimate of drug-likeness (QED) is 0.777. The SMILES string of the molecule is CC(C)CSCC(=O)Cc1cc(F)cc(F)c1. The van der Waals surface area contributed by atoms with Crippen LogP contribution in [0.1, 0.15) is 19.4 Å². The van der Waals surface area contributed by atoms with Crippen LogP contribution in [0.5, 0.6) is 0 Å². The zero-order valence-corrected chi connectivity index (χ0v) is 10.8. The third kappa shape index (κ3) is 5.82. The van der Waals surface area contributed by atoms with Gasteiger partial charge in [0.2, 0.25) is 0 Å². The molecule has 0 fully saturated rings. The predicted octanol–water partition coefficient (Wildman–Crippen LogP) is 3.47. The number of carbonyl (C=O) groups is 1. The van der Waals surface area contributed by atoms with E-state index in [2.05, 4.69) is 13.8 Å². The lowest BCUT2D eigenvalue weighted by molar-refractivity contribution is -0.116. The van der Waals surface area contributed by atoms with E-state index in [4.69, 9.17) is 0 Å².